The summed E-state index contributed by atoms with van der Waals surface area (Å²) in [5.74, 6) is -0.305. The molecule has 1 aliphatic heterocycles. The highest BCUT2D eigenvalue weighted by molar-refractivity contribution is 5.98. The van der Waals surface area contributed by atoms with Crippen molar-refractivity contribution in [3.63, 3.8) is 0 Å². The van der Waals surface area contributed by atoms with Gasteiger partial charge < -0.3 is 10.2 Å². The summed E-state index contributed by atoms with van der Waals surface area (Å²) in [6.45, 7) is 1.07. The lowest BCUT2D eigenvalue weighted by Gasteiger charge is -2.26. The number of benzene rings is 2. The minimum Gasteiger partial charge on any atom is -0.353 e. The molecule has 1 saturated heterocycles. The number of pyridine rings is 1. The first-order valence-electron chi connectivity index (χ1n) is 8.89. The molecule has 0 saturated carbocycles. The topological polar surface area (TPSA) is 62.3 Å². The summed E-state index contributed by atoms with van der Waals surface area (Å²) >= 11 is 0. The zero-order valence-corrected chi connectivity index (χ0v) is 14.8. The molecule has 2 heterocycles. The van der Waals surface area contributed by atoms with Gasteiger partial charge in [0.15, 0.2) is 0 Å². The second-order valence-corrected chi connectivity index (χ2v) is 6.43. The Morgan fingerprint density at radius 3 is 2.30 bits per heavy atom. The van der Waals surface area contributed by atoms with E-state index in [4.69, 9.17) is 0 Å². The minimum atomic E-state index is -0.172. The average Bonchev–Trinajstić information content (AvgIpc) is 2.74. The van der Waals surface area contributed by atoms with E-state index in [2.05, 4.69) is 10.3 Å². The van der Waals surface area contributed by atoms with Crippen LogP contribution in [0.1, 0.15) is 10.4 Å². The number of hydrogen-bond donors (Lipinski definition) is 1. The van der Waals surface area contributed by atoms with E-state index in [0.29, 0.717) is 18.7 Å². The maximum Gasteiger partial charge on any atom is 0.255 e. The molecule has 0 spiro atoms. The van der Waals surface area contributed by atoms with Crippen LogP contribution < -0.4 is 5.32 Å². The van der Waals surface area contributed by atoms with Crippen LogP contribution in [0, 0.1) is 0 Å². The van der Waals surface area contributed by atoms with Crippen molar-refractivity contribution in [1.29, 1.82) is 0 Å². The second kappa shape index (κ2) is 7.41. The van der Waals surface area contributed by atoms with Gasteiger partial charge in [-0.05, 0) is 11.6 Å². The summed E-state index contributed by atoms with van der Waals surface area (Å²) in [7, 11) is 0. The Balaban J connectivity index is 1.77. The first kappa shape index (κ1) is 17.0. The molecule has 27 heavy (non-hydrogen) atoms. The molecule has 1 N–H and O–H groups in total. The summed E-state index contributed by atoms with van der Waals surface area (Å²) in [6.07, 6.45) is 1.60. The van der Waals surface area contributed by atoms with Gasteiger partial charge in [-0.1, -0.05) is 60.7 Å². The highest BCUT2D eigenvalue weighted by Crippen LogP contribution is 2.31. The summed E-state index contributed by atoms with van der Waals surface area (Å²) in [5, 5.41) is 2.74. The van der Waals surface area contributed by atoms with E-state index >= 15 is 0 Å². The molecule has 1 aromatic heterocycles. The third-order valence-electron chi connectivity index (χ3n) is 4.59. The maximum atomic E-state index is 12.9. The van der Waals surface area contributed by atoms with Crippen molar-refractivity contribution in [2.24, 2.45) is 0 Å². The van der Waals surface area contributed by atoms with Gasteiger partial charge in [-0.3, -0.25) is 14.6 Å². The fraction of sp³-hybridized carbons (Fsp3) is 0.136. The summed E-state index contributed by atoms with van der Waals surface area (Å²) in [6, 6.07) is 21.7. The number of rotatable bonds is 3. The Bertz CT molecular complexity index is 971. The molecule has 0 bridgehead atoms. The fourth-order valence-electron chi connectivity index (χ4n) is 3.24. The van der Waals surface area contributed by atoms with E-state index < -0.39 is 0 Å². The Morgan fingerprint density at radius 1 is 0.963 bits per heavy atom. The van der Waals surface area contributed by atoms with Crippen LogP contribution in [0.15, 0.2) is 72.9 Å². The summed E-state index contributed by atoms with van der Waals surface area (Å²) in [4.78, 5) is 30.7. The van der Waals surface area contributed by atoms with Gasteiger partial charge in [-0.25, -0.2) is 0 Å². The lowest BCUT2D eigenvalue weighted by atomic mass is 9.97. The second-order valence-electron chi connectivity index (χ2n) is 6.43. The van der Waals surface area contributed by atoms with Gasteiger partial charge in [0.2, 0.25) is 5.91 Å². The normalized spacial score (nSPS) is 13.9. The van der Waals surface area contributed by atoms with Crippen LogP contribution in [0.5, 0.6) is 0 Å². The predicted molar refractivity (Wildman–Crippen MR) is 104 cm³/mol. The van der Waals surface area contributed by atoms with E-state index in [9.17, 15) is 9.59 Å². The van der Waals surface area contributed by atoms with E-state index in [1.54, 1.807) is 11.1 Å². The largest absolute Gasteiger partial charge is 0.353 e. The smallest absolute Gasteiger partial charge is 0.255 e. The molecule has 134 valence electrons. The van der Waals surface area contributed by atoms with Gasteiger partial charge in [0.25, 0.3) is 5.91 Å². The van der Waals surface area contributed by atoms with E-state index in [0.717, 1.165) is 22.4 Å². The highest BCUT2D eigenvalue weighted by Gasteiger charge is 2.23. The number of piperazine rings is 1. The van der Waals surface area contributed by atoms with Gasteiger partial charge in [0, 0.05) is 30.4 Å². The van der Waals surface area contributed by atoms with Gasteiger partial charge in [-0.2, -0.15) is 0 Å². The molecule has 5 heteroatoms. The molecule has 4 rings (SSSR count). The van der Waals surface area contributed by atoms with Crippen molar-refractivity contribution in [2.75, 3.05) is 19.6 Å². The summed E-state index contributed by atoms with van der Waals surface area (Å²) < 4.78 is 0. The molecule has 2 aromatic carbocycles. The van der Waals surface area contributed by atoms with Crippen molar-refractivity contribution in [2.45, 2.75) is 0 Å². The molecule has 3 aromatic rings. The molecule has 2 amide bonds. The van der Waals surface area contributed by atoms with Crippen molar-refractivity contribution in [3.8, 4) is 22.4 Å². The third-order valence-corrected chi connectivity index (χ3v) is 4.59. The highest BCUT2D eigenvalue weighted by atomic mass is 16.2. The van der Waals surface area contributed by atoms with Crippen LogP contribution in [-0.4, -0.2) is 41.3 Å². The van der Waals surface area contributed by atoms with E-state index in [1.165, 1.54) is 0 Å². The monoisotopic (exact) mass is 357 g/mol. The van der Waals surface area contributed by atoms with Gasteiger partial charge in [0.1, 0.15) is 0 Å². The van der Waals surface area contributed by atoms with Gasteiger partial charge >= 0.3 is 0 Å². The van der Waals surface area contributed by atoms with Crippen molar-refractivity contribution < 1.29 is 9.59 Å². The first-order valence-corrected chi connectivity index (χ1v) is 8.89. The van der Waals surface area contributed by atoms with Gasteiger partial charge in [-0.15, -0.1) is 0 Å². The van der Waals surface area contributed by atoms with Crippen LogP contribution in [0.4, 0.5) is 0 Å². The average molecular weight is 357 g/mol. The Labute approximate surface area is 157 Å². The first-order chi connectivity index (χ1) is 13.2. The molecular weight excluding hydrogens is 338 g/mol. The third kappa shape index (κ3) is 3.58. The molecular formula is C22H19N3O2. The molecule has 0 atom stereocenters. The van der Waals surface area contributed by atoms with Crippen LogP contribution in [0.25, 0.3) is 22.4 Å². The predicted octanol–water partition coefficient (Wildman–Crippen LogP) is 2.99. The fourth-order valence-corrected chi connectivity index (χ4v) is 3.24. The van der Waals surface area contributed by atoms with Crippen molar-refractivity contribution in [3.05, 3.63) is 78.5 Å². The molecule has 1 fully saturated rings. The number of nitrogens with one attached hydrogen (secondary N) is 1. The summed E-state index contributed by atoms with van der Waals surface area (Å²) in [5.41, 5.74) is 4.20. The molecule has 1 aliphatic rings. The number of carbonyl (C=O) groups excluding carboxylic acids is 2. The molecule has 0 unspecified atom stereocenters. The minimum absolute atomic E-state index is 0.0833. The van der Waals surface area contributed by atoms with E-state index in [-0.39, 0.29) is 18.4 Å². The Hall–Kier alpha value is -3.47. The Morgan fingerprint density at radius 2 is 1.63 bits per heavy atom. The van der Waals surface area contributed by atoms with Crippen LogP contribution >= 0.6 is 0 Å². The zero-order valence-electron chi connectivity index (χ0n) is 14.8. The maximum absolute atomic E-state index is 12.9. The molecule has 0 aliphatic carbocycles. The molecule has 5 nitrogen and oxygen atoms in total. The number of amides is 2. The number of nitrogens with zero attached hydrogens (tertiary/aromatic N) is 2. The van der Waals surface area contributed by atoms with Crippen LogP contribution in [0.3, 0.4) is 0 Å². The number of hydrogen-bond acceptors (Lipinski definition) is 3. The molecule has 0 radical (unpaired) electrons. The van der Waals surface area contributed by atoms with E-state index in [1.807, 2.05) is 66.7 Å². The van der Waals surface area contributed by atoms with Crippen molar-refractivity contribution >= 4 is 11.8 Å². The van der Waals surface area contributed by atoms with Gasteiger partial charge in [0.05, 0.1) is 17.8 Å². The Kier molecular flexibility index (Phi) is 4.66. The number of aromatic nitrogens is 1. The lowest BCUT2D eigenvalue weighted by Crippen LogP contribution is -2.50. The van der Waals surface area contributed by atoms with Crippen molar-refractivity contribution in [1.82, 2.24) is 15.2 Å². The standard InChI is InChI=1S/C22H19N3O2/c26-20-15-25(12-11-23-20)22(27)18-13-19(16-7-3-1-4-8-16)21(24-14-18)17-9-5-2-6-10-17/h1-10,13-14H,11-12,15H2,(H,23,26). The lowest BCUT2D eigenvalue weighted by molar-refractivity contribution is -0.123. The zero-order chi connectivity index (χ0) is 18.6. The number of carbonyl (C=O) groups is 2. The van der Waals surface area contributed by atoms with Crippen LogP contribution in [0.2, 0.25) is 0 Å². The SMILES string of the molecule is O=C1CN(C(=O)c2cnc(-c3ccccc3)c(-c3ccccc3)c2)CCN1. The quantitative estimate of drug-likeness (QED) is 0.784. The van der Waals surface area contributed by atoms with Crippen LogP contribution in [-0.2, 0) is 4.79 Å².